The monoisotopic (exact) mass is 639 g/mol. The number of nitrogens with zero attached hydrogens (tertiary/aromatic N) is 1. The highest BCUT2D eigenvalue weighted by molar-refractivity contribution is 6.06. The summed E-state index contributed by atoms with van der Waals surface area (Å²) in [6.07, 6.45) is 0. The minimum atomic E-state index is -0.0457. The van der Waals surface area contributed by atoms with Crippen molar-refractivity contribution in [1.82, 2.24) is 0 Å². The summed E-state index contributed by atoms with van der Waals surface area (Å²) >= 11 is 0. The molecule has 50 heavy (non-hydrogen) atoms. The van der Waals surface area contributed by atoms with Gasteiger partial charge in [0.05, 0.1) is 5.69 Å². The first-order valence-corrected chi connectivity index (χ1v) is 17.4. The first-order valence-electron chi connectivity index (χ1n) is 17.4. The fourth-order valence-electron chi connectivity index (χ4n) is 8.03. The first kappa shape index (κ1) is 29.9. The quantitative estimate of drug-likeness (QED) is 0.175. The molecule has 0 atom stereocenters. The average Bonchev–Trinajstić information content (AvgIpc) is 3.41. The van der Waals surface area contributed by atoms with Crippen molar-refractivity contribution in [3.63, 3.8) is 0 Å². The van der Waals surface area contributed by atoms with E-state index < -0.39 is 0 Å². The SMILES string of the molecule is CC1(C)c2ccccc2-c2cc(N(c3ccc(-c4cccc5cccc(-c6ccccc6)c45)cc3)c3ccccc3-c3ccccc3)ccc21. The number of hydrogen-bond acceptors (Lipinski definition) is 1. The van der Waals surface area contributed by atoms with Gasteiger partial charge < -0.3 is 4.90 Å². The van der Waals surface area contributed by atoms with Gasteiger partial charge in [-0.2, -0.15) is 0 Å². The van der Waals surface area contributed by atoms with Crippen molar-refractivity contribution >= 4 is 27.8 Å². The molecule has 0 unspecified atom stereocenters. The van der Waals surface area contributed by atoms with E-state index in [9.17, 15) is 0 Å². The van der Waals surface area contributed by atoms with Crippen LogP contribution in [-0.4, -0.2) is 0 Å². The van der Waals surface area contributed by atoms with Crippen LogP contribution < -0.4 is 4.90 Å². The molecule has 0 saturated heterocycles. The summed E-state index contributed by atoms with van der Waals surface area (Å²) in [4.78, 5) is 2.43. The number of hydrogen-bond donors (Lipinski definition) is 0. The van der Waals surface area contributed by atoms with Crippen molar-refractivity contribution in [1.29, 1.82) is 0 Å². The first-order chi connectivity index (χ1) is 24.6. The van der Waals surface area contributed by atoms with Crippen LogP contribution in [0.5, 0.6) is 0 Å². The van der Waals surface area contributed by atoms with Gasteiger partial charge in [0.2, 0.25) is 0 Å². The van der Waals surface area contributed by atoms with Crippen LogP contribution in [0.1, 0.15) is 25.0 Å². The molecule has 1 aliphatic rings. The van der Waals surface area contributed by atoms with Gasteiger partial charge in [-0.1, -0.05) is 172 Å². The zero-order valence-electron chi connectivity index (χ0n) is 28.3. The lowest BCUT2D eigenvalue weighted by atomic mass is 9.82. The number of fused-ring (bicyclic) bond motifs is 4. The second-order valence-electron chi connectivity index (χ2n) is 13.7. The van der Waals surface area contributed by atoms with E-state index in [4.69, 9.17) is 0 Å². The van der Waals surface area contributed by atoms with Gasteiger partial charge in [-0.3, -0.25) is 0 Å². The summed E-state index contributed by atoms with van der Waals surface area (Å²) < 4.78 is 0. The Hall–Kier alpha value is -6.18. The van der Waals surface area contributed by atoms with Crippen molar-refractivity contribution in [3.05, 3.63) is 199 Å². The second-order valence-corrected chi connectivity index (χ2v) is 13.7. The molecule has 238 valence electrons. The molecule has 0 aromatic heterocycles. The normalized spacial score (nSPS) is 12.8. The minimum Gasteiger partial charge on any atom is -0.310 e. The highest BCUT2D eigenvalue weighted by Gasteiger charge is 2.35. The average molecular weight is 640 g/mol. The molecule has 0 amide bonds. The summed E-state index contributed by atoms with van der Waals surface area (Å²) in [5.41, 5.74) is 16.1. The lowest BCUT2D eigenvalue weighted by Gasteiger charge is -2.29. The molecular weight excluding hydrogens is 603 g/mol. The van der Waals surface area contributed by atoms with Gasteiger partial charge in [0.15, 0.2) is 0 Å². The van der Waals surface area contributed by atoms with Crippen molar-refractivity contribution in [3.8, 4) is 44.5 Å². The van der Waals surface area contributed by atoms with Crippen molar-refractivity contribution in [2.45, 2.75) is 19.3 Å². The molecule has 1 heteroatoms. The third-order valence-corrected chi connectivity index (χ3v) is 10.5. The summed E-state index contributed by atoms with van der Waals surface area (Å²) in [6, 6.07) is 68.6. The zero-order chi connectivity index (χ0) is 33.7. The highest BCUT2D eigenvalue weighted by Crippen LogP contribution is 2.51. The Labute approximate surface area is 294 Å². The molecule has 1 nitrogen and oxygen atoms in total. The smallest absolute Gasteiger partial charge is 0.0540 e. The summed E-state index contributed by atoms with van der Waals surface area (Å²) in [6.45, 7) is 4.68. The molecule has 0 bridgehead atoms. The Morgan fingerprint density at radius 1 is 0.360 bits per heavy atom. The number of benzene rings is 8. The Morgan fingerprint density at radius 2 is 0.860 bits per heavy atom. The maximum absolute atomic E-state index is 2.43. The van der Waals surface area contributed by atoms with Crippen LogP contribution in [0.15, 0.2) is 188 Å². The molecule has 0 saturated carbocycles. The minimum absolute atomic E-state index is 0.0457. The number of rotatable bonds is 6. The standard InChI is InChI=1S/C49H37N/c1-49(2)45-25-11-9-22-43(45)44-33-39(31-32-46(44)49)50(47-26-12-10-21-40(47)34-15-5-3-6-16-34)38-29-27-36(28-30-38)42-24-14-20-37-19-13-23-41(48(37)42)35-17-7-4-8-18-35/h3-33H,1-2H3. The van der Waals surface area contributed by atoms with Crippen LogP contribution in [0.25, 0.3) is 55.3 Å². The Morgan fingerprint density at radius 3 is 1.54 bits per heavy atom. The van der Waals surface area contributed by atoms with Crippen LogP contribution in [0.3, 0.4) is 0 Å². The van der Waals surface area contributed by atoms with Crippen molar-refractivity contribution in [2.24, 2.45) is 0 Å². The Bertz CT molecular complexity index is 2490. The third kappa shape index (κ3) is 4.94. The molecule has 0 fully saturated rings. The number of anilines is 3. The topological polar surface area (TPSA) is 3.24 Å². The lowest BCUT2D eigenvalue weighted by Crippen LogP contribution is -2.15. The maximum atomic E-state index is 2.43. The van der Waals surface area contributed by atoms with Crippen LogP contribution >= 0.6 is 0 Å². The van der Waals surface area contributed by atoms with Gasteiger partial charge in [-0.15, -0.1) is 0 Å². The van der Waals surface area contributed by atoms with E-state index in [0.717, 1.165) is 17.1 Å². The van der Waals surface area contributed by atoms with E-state index in [-0.39, 0.29) is 5.41 Å². The van der Waals surface area contributed by atoms with Gasteiger partial charge in [-0.05, 0) is 91.2 Å². The Kier molecular flexibility index (Phi) is 7.21. The van der Waals surface area contributed by atoms with Gasteiger partial charge >= 0.3 is 0 Å². The van der Waals surface area contributed by atoms with Gasteiger partial charge in [0.1, 0.15) is 0 Å². The molecule has 0 aliphatic heterocycles. The summed E-state index contributed by atoms with van der Waals surface area (Å²) in [5, 5.41) is 2.52. The molecule has 0 heterocycles. The molecule has 0 spiro atoms. The van der Waals surface area contributed by atoms with Gasteiger partial charge in [-0.25, -0.2) is 0 Å². The third-order valence-electron chi connectivity index (χ3n) is 10.5. The highest BCUT2D eigenvalue weighted by atomic mass is 15.1. The largest absolute Gasteiger partial charge is 0.310 e. The lowest BCUT2D eigenvalue weighted by molar-refractivity contribution is 0.660. The fraction of sp³-hybridized carbons (Fsp3) is 0.0612. The zero-order valence-corrected chi connectivity index (χ0v) is 28.3. The number of para-hydroxylation sites is 1. The van der Waals surface area contributed by atoms with Gasteiger partial charge in [0.25, 0.3) is 0 Å². The molecule has 9 rings (SSSR count). The Balaban J connectivity index is 1.22. The fourth-order valence-corrected chi connectivity index (χ4v) is 8.03. The predicted molar refractivity (Wildman–Crippen MR) is 213 cm³/mol. The van der Waals surface area contributed by atoms with E-state index in [1.54, 1.807) is 0 Å². The summed E-state index contributed by atoms with van der Waals surface area (Å²) in [5.74, 6) is 0. The summed E-state index contributed by atoms with van der Waals surface area (Å²) in [7, 11) is 0. The van der Waals surface area contributed by atoms with Crippen molar-refractivity contribution in [2.75, 3.05) is 4.90 Å². The van der Waals surface area contributed by atoms with E-state index >= 15 is 0 Å². The van der Waals surface area contributed by atoms with Crippen LogP contribution in [-0.2, 0) is 5.41 Å². The van der Waals surface area contributed by atoms with Crippen molar-refractivity contribution < 1.29 is 0 Å². The predicted octanol–water partition coefficient (Wildman–Crippen LogP) is 13.6. The van der Waals surface area contributed by atoms with Gasteiger partial charge in [0, 0.05) is 22.4 Å². The second kappa shape index (κ2) is 12.1. The molecule has 0 radical (unpaired) electrons. The molecule has 0 N–H and O–H groups in total. The molecule has 8 aromatic rings. The maximum Gasteiger partial charge on any atom is 0.0540 e. The van der Waals surface area contributed by atoms with E-state index in [2.05, 4.69) is 207 Å². The van der Waals surface area contributed by atoms with E-state index in [1.165, 1.54) is 66.4 Å². The molecule has 8 aromatic carbocycles. The van der Waals surface area contributed by atoms with Crippen LogP contribution in [0.2, 0.25) is 0 Å². The van der Waals surface area contributed by atoms with E-state index in [0.29, 0.717) is 0 Å². The van der Waals surface area contributed by atoms with E-state index in [1.807, 2.05) is 0 Å². The molecule has 1 aliphatic carbocycles. The van der Waals surface area contributed by atoms with Crippen LogP contribution in [0, 0.1) is 0 Å². The van der Waals surface area contributed by atoms with Crippen LogP contribution in [0.4, 0.5) is 17.1 Å². The molecular formula is C49H37N.